The highest BCUT2D eigenvalue weighted by atomic mass is 16.8. The Hall–Kier alpha value is -3.32. The summed E-state index contributed by atoms with van der Waals surface area (Å²) in [5.41, 5.74) is 4.31. The van der Waals surface area contributed by atoms with Crippen LogP contribution in [0.3, 0.4) is 0 Å². The average molecular weight is 426 g/mol. The molecule has 2 N–H and O–H groups in total. The van der Waals surface area contributed by atoms with Gasteiger partial charge in [0.05, 0.1) is 17.5 Å². The van der Waals surface area contributed by atoms with Crippen LogP contribution in [0.4, 0.5) is 11.4 Å². The van der Waals surface area contributed by atoms with Gasteiger partial charge < -0.3 is 5.21 Å². The summed E-state index contributed by atoms with van der Waals surface area (Å²) in [4.78, 5) is 29.1. The van der Waals surface area contributed by atoms with Gasteiger partial charge in [-0.05, 0) is 34.7 Å². The molecule has 4 aliphatic rings. The number of nitrogens with zero attached hydrogens (tertiary/aromatic N) is 1. The summed E-state index contributed by atoms with van der Waals surface area (Å²) < 4.78 is 0. The molecule has 2 bridgehead atoms. The molecule has 0 aromatic heterocycles. The number of benzene rings is 3. The van der Waals surface area contributed by atoms with Gasteiger partial charge in [0.15, 0.2) is 5.69 Å². The van der Waals surface area contributed by atoms with Crippen molar-refractivity contribution in [2.75, 3.05) is 4.90 Å². The van der Waals surface area contributed by atoms with E-state index < -0.39 is 22.5 Å². The van der Waals surface area contributed by atoms with Crippen LogP contribution in [-0.4, -0.2) is 17.0 Å². The molecule has 3 atom stereocenters. The van der Waals surface area contributed by atoms with E-state index in [-0.39, 0.29) is 23.4 Å². The van der Waals surface area contributed by atoms with Crippen molar-refractivity contribution in [1.82, 2.24) is 0 Å². The average Bonchev–Trinajstić information content (AvgIpc) is 3.10. The van der Waals surface area contributed by atoms with Crippen molar-refractivity contribution >= 4 is 23.2 Å². The Balaban J connectivity index is 1.60. The fourth-order valence-electron chi connectivity index (χ4n) is 6.56. The number of amides is 2. The number of imide groups is 1. The second kappa shape index (κ2) is 6.59. The van der Waals surface area contributed by atoms with Crippen molar-refractivity contribution < 1.29 is 20.0 Å². The van der Waals surface area contributed by atoms with E-state index in [1.165, 1.54) is 17.0 Å². The van der Waals surface area contributed by atoms with Crippen LogP contribution >= 0.6 is 0 Å². The molecule has 0 saturated carbocycles. The van der Waals surface area contributed by atoms with Crippen LogP contribution in [0.15, 0.2) is 72.8 Å². The van der Waals surface area contributed by atoms with Crippen molar-refractivity contribution in [3.05, 3.63) is 100 Å². The Morgan fingerprint density at radius 3 is 2.16 bits per heavy atom. The van der Waals surface area contributed by atoms with Gasteiger partial charge in [0.25, 0.3) is 0 Å². The minimum atomic E-state index is -1.09. The van der Waals surface area contributed by atoms with E-state index in [9.17, 15) is 20.0 Å². The molecule has 32 heavy (non-hydrogen) atoms. The van der Waals surface area contributed by atoms with Crippen LogP contribution < -0.4 is 10.1 Å². The van der Waals surface area contributed by atoms with E-state index in [1.807, 2.05) is 24.3 Å². The van der Waals surface area contributed by atoms with Gasteiger partial charge >= 0.3 is 0 Å². The SMILES string of the molecule is CCC12c3ccccc3C(c3ccccc31)[C@H]1C(=O)N(c3cccc([NH+]([O-])O)c3)C(=O)[C@@H]12. The fraction of sp³-hybridized carbons (Fsp3) is 0.231. The zero-order valence-corrected chi connectivity index (χ0v) is 17.5. The molecular weight excluding hydrogens is 404 g/mol. The summed E-state index contributed by atoms with van der Waals surface area (Å²) in [7, 11) is 0. The van der Waals surface area contributed by atoms with Crippen LogP contribution in [0, 0.1) is 17.0 Å². The molecule has 160 valence electrons. The molecule has 3 aromatic carbocycles. The van der Waals surface area contributed by atoms with Crippen molar-refractivity contribution in [3.8, 4) is 0 Å². The molecule has 1 unspecified atom stereocenters. The van der Waals surface area contributed by atoms with E-state index in [1.54, 1.807) is 12.1 Å². The molecule has 7 rings (SSSR count). The molecule has 1 heterocycles. The topological polar surface area (TPSA) is 85.1 Å². The van der Waals surface area contributed by atoms with Gasteiger partial charge in [0.1, 0.15) is 0 Å². The van der Waals surface area contributed by atoms with Gasteiger partial charge in [-0.1, -0.05) is 61.5 Å². The van der Waals surface area contributed by atoms with Crippen LogP contribution in [0.1, 0.15) is 41.5 Å². The summed E-state index contributed by atoms with van der Waals surface area (Å²) in [6.07, 6.45) is 0.691. The molecule has 2 amide bonds. The monoisotopic (exact) mass is 426 g/mol. The number of anilines is 1. The second-order valence-corrected chi connectivity index (χ2v) is 8.85. The van der Waals surface area contributed by atoms with E-state index in [2.05, 4.69) is 31.2 Å². The summed E-state index contributed by atoms with van der Waals surface area (Å²) in [6, 6.07) is 22.5. The first kappa shape index (κ1) is 19.4. The van der Waals surface area contributed by atoms with E-state index in [4.69, 9.17) is 0 Å². The number of quaternary nitrogens is 1. The first-order valence-corrected chi connectivity index (χ1v) is 10.9. The Bertz CT molecular complexity index is 1240. The predicted octanol–water partition coefficient (Wildman–Crippen LogP) is 3.05. The maximum absolute atomic E-state index is 14.0. The van der Waals surface area contributed by atoms with Gasteiger partial charge in [-0.2, -0.15) is 5.23 Å². The lowest BCUT2D eigenvalue weighted by Gasteiger charge is -2.54. The summed E-state index contributed by atoms with van der Waals surface area (Å²) in [5.74, 6) is -1.68. The number of rotatable bonds is 3. The highest BCUT2D eigenvalue weighted by Gasteiger charge is 2.67. The molecule has 0 spiro atoms. The van der Waals surface area contributed by atoms with Crippen molar-refractivity contribution in [2.45, 2.75) is 24.7 Å². The maximum Gasteiger partial charge on any atom is 0.238 e. The molecule has 0 radical (unpaired) electrons. The molecular formula is C26H22N2O4. The van der Waals surface area contributed by atoms with E-state index >= 15 is 0 Å². The number of carbonyl (C=O) groups is 2. The van der Waals surface area contributed by atoms with Crippen LogP contribution in [0.25, 0.3) is 0 Å². The largest absolute Gasteiger partial charge is 0.595 e. The summed E-state index contributed by atoms with van der Waals surface area (Å²) >= 11 is 0. The summed E-state index contributed by atoms with van der Waals surface area (Å²) in [6.45, 7) is 2.09. The minimum Gasteiger partial charge on any atom is -0.595 e. The quantitative estimate of drug-likeness (QED) is 0.498. The van der Waals surface area contributed by atoms with Gasteiger partial charge in [-0.3, -0.25) is 9.59 Å². The minimum absolute atomic E-state index is 0.0534. The molecule has 6 nitrogen and oxygen atoms in total. The third-order valence-electron chi connectivity index (χ3n) is 7.70. The van der Waals surface area contributed by atoms with Crippen LogP contribution in [0.2, 0.25) is 0 Å². The molecule has 1 aliphatic heterocycles. The third-order valence-corrected chi connectivity index (χ3v) is 7.70. The lowest BCUT2D eigenvalue weighted by Crippen LogP contribution is -2.99. The van der Waals surface area contributed by atoms with Gasteiger partial charge in [-0.15, -0.1) is 0 Å². The molecule has 1 fully saturated rings. The van der Waals surface area contributed by atoms with E-state index in [0.29, 0.717) is 12.1 Å². The van der Waals surface area contributed by atoms with Gasteiger partial charge in [0.2, 0.25) is 11.8 Å². The van der Waals surface area contributed by atoms with Crippen molar-refractivity contribution in [3.63, 3.8) is 0 Å². The summed E-state index contributed by atoms with van der Waals surface area (Å²) in [5, 5.41) is 19.8. The molecule has 6 heteroatoms. The first-order valence-electron chi connectivity index (χ1n) is 10.9. The Labute approximate surface area is 185 Å². The lowest BCUT2D eigenvalue weighted by molar-refractivity contribution is -0.991. The number of hydrogen-bond donors (Lipinski definition) is 2. The highest BCUT2D eigenvalue weighted by molar-refractivity contribution is 6.23. The van der Waals surface area contributed by atoms with E-state index in [0.717, 1.165) is 22.3 Å². The highest BCUT2D eigenvalue weighted by Crippen LogP contribution is 2.65. The maximum atomic E-state index is 14.0. The standard InChI is InChI=1S/C26H22N2O4/c1-2-26-19-12-5-3-10-17(19)21(18-11-4-6-13-20(18)26)22-23(26)25(30)27(24(22)29)15-8-7-9-16(14-15)28(31)32/h3-14,21-23,28,31H,2H2,1H3/t21?,22-,23-,26?/m1/s1. The molecule has 3 aliphatic carbocycles. The Morgan fingerprint density at radius 1 is 0.938 bits per heavy atom. The second-order valence-electron chi connectivity index (χ2n) is 8.85. The van der Waals surface area contributed by atoms with Crippen molar-refractivity contribution in [2.24, 2.45) is 11.8 Å². The van der Waals surface area contributed by atoms with Gasteiger partial charge in [-0.25, -0.2) is 10.1 Å². The molecule has 3 aromatic rings. The third kappa shape index (κ3) is 2.19. The smallest absolute Gasteiger partial charge is 0.238 e. The number of hydrogen-bond acceptors (Lipinski definition) is 4. The normalized spacial score (nSPS) is 28.3. The van der Waals surface area contributed by atoms with Gasteiger partial charge in [0, 0.05) is 23.5 Å². The van der Waals surface area contributed by atoms with Crippen LogP contribution in [0.5, 0.6) is 0 Å². The Kier molecular flexibility index (Phi) is 3.99. The number of nitrogens with one attached hydrogen (secondary N) is 1. The van der Waals surface area contributed by atoms with Crippen molar-refractivity contribution in [1.29, 1.82) is 0 Å². The molecule has 1 saturated heterocycles. The Morgan fingerprint density at radius 2 is 1.56 bits per heavy atom. The lowest BCUT2D eigenvalue weighted by atomic mass is 9.46. The fourth-order valence-corrected chi connectivity index (χ4v) is 6.56. The first-order chi connectivity index (χ1) is 15.5. The zero-order valence-electron chi connectivity index (χ0n) is 17.5. The number of carbonyl (C=O) groups excluding carboxylic acids is 2. The van der Waals surface area contributed by atoms with Crippen LogP contribution in [-0.2, 0) is 15.0 Å². The zero-order chi connectivity index (χ0) is 22.2. The predicted molar refractivity (Wildman–Crippen MR) is 117 cm³/mol.